The van der Waals surface area contributed by atoms with Gasteiger partial charge in [0.25, 0.3) is 5.91 Å². The Morgan fingerprint density at radius 3 is 2.58 bits per heavy atom. The SMILES string of the molecule is CC(=O)c1ccccc1C(=O)NCC1CNCC1O. The molecule has 2 atom stereocenters. The molecule has 1 amide bonds. The van der Waals surface area contributed by atoms with Crippen LogP contribution in [0.4, 0.5) is 0 Å². The van der Waals surface area contributed by atoms with Crippen LogP contribution >= 0.6 is 0 Å². The Balaban J connectivity index is 2.02. The van der Waals surface area contributed by atoms with Gasteiger partial charge in [-0.3, -0.25) is 9.59 Å². The molecule has 19 heavy (non-hydrogen) atoms. The number of Topliss-reactive ketones (excluding diaryl/α,β-unsaturated/α-hetero) is 1. The zero-order valence-electron chi connectivity index (χ0n) is 10.8. The van der Waals surface area contributed by atoms with Gasteiger partial charge in [-0.1, -0.05) is 18.2 Å². The maximum absolute atomic E-state index is 12.1. The lowest BCUT2D eigenvalue weighted by atomic mass is 10.0. The third-order valence-electron chi connectivity index (χ3n) is 3.38. The van der Waals surface area contributed by atoms with Crippen molar-refractivity contribution in [2.45, 2.75) is 13.0 Å². The summed E-state index contributed by atoms with van der Waals surface area (Å²) in [7, 11) is 0. The van der Waals surface area contributed by atoms with Crippen molar-refractivity contribution >= 4 is 11.7 Å². The van der Waals surface area contributed by atoms with E-state index < -0.39 is 6.10 Å². The van der Waals surface area contributed by atoms with Crippen molar-refractivity contribution in [2.75, 3.05) is 19.6 Å². The fourth-order valence-electron chi connectivity index (χ4n) is 2.23. The minimum Gasteiger partial charge on any atom is -0.391 e. The van der Waals surface area contributed by atoms with Gasteiger partial charge in [-0.15, -0.1) is 0 Å². The lowest BCUT2D eigenvalue weighted by molar-refractivity contribution is 0.0915. The second-order valence-corrected chi connectivity index (χ2v) is 4.80. The van der Waals surface area contributed by atoms with Crippen LogP contribution in [-0.2, 0) is 0 Å². The second kappa shape index (κ2) is 5.95. The molecule has 0 aliphatic carbocycles. The number of hydrogen-bond donors (Lipinski definition) is 3. The standard InChI is InChI=1S/C14H18N2O3/c1-9(17)11-4-2-3-5-12(11)14(19)16-7-10-6-15-8-13(10)18/h2-5,10,13,15,18H,6-8H2,1H3,(H,16,19). The molecule has 5 heteroatoms. The van der Waals surface area contributed by atoms with Crippen LogP contribution in [0.25, 0.3) is 0 Å². The predicted molar refractivity (Wildman–Crippen MR) is 71.1 cm³/mol. The number of amides is 1. The molecule has 0 bridgehead atoms. The molecule has 1 aromatic rings. The Labute approximate surface area is 112 Å². The Morgan fingerprint density at radius 2 is 2.00 bits per heavy atom. The van der Waals surface area contributed by atoms with Crippen molar-refractivity contribution < 1.29 is 14.7 Å². The summed E-state index contributed by atoms with van der Waals surface area (Å²) in [6.07, 6.45) is -0.427. The average molecular weight is 262 g/mol. The third-order valence-corrected chi connectivity index (χ3v) is 3.38. The van der Waals surface area contributed by atoms with Crippen molar-refractivity contribution in [3.05, 3.63) is 35.4 Å². The Hall–Kier alpha value is -1.72. The van der Waals surface area contributed by atoms with E-state index in [1.807, 2.05) is 0 Å². The molecule has 102 valence electrons. The molecule has 1 heterocycles. The first-order valence-electron chi connectivity index (χ1n) is 6.36. The molecular weight excluding hydrogens is 244 g/mol. The van der Waals surface area contributed by atoms with Crippen molar-refractivity contribution in [1.82, 2.24) is 10.6 Å². The highest BCUT2D eigenvalue weighted by Gasteiger charge is 2.25. The van der Waals surface area contributed by atoms with E-state index in [0.717, 1.165) is 0 Å². The molecule has 1 aromatic carbocycles. The highest BCUT2D eigenvalue weighted by molar-refractivity contribution is 6.07. The van der Waals surface area contributed by atoms with Gasteiger partial charge >= 0.3 is 0 Å². The fraction of sp³-hybridized carbons (Fsp3) is 0.429. The van der Waals surface area contributed by atoms with Gasteiger partial charge in [0.1, 0.15) is 0 Å². The molecule has 1 fully saturated rings. The van der Waals surface area contributed by atoms with Gasteiger partial charge in [-0.25, -0.2) is 0 Å². The van der Waals surface area contributed by atoms with Crippen LogP contribution in [0.15, 0.2) is 24.3 Å². The number of benzene rings is 1. The van der Waals surface area contributed by atoms with Crippen LogP contribution < -0.4 is 10.6 Å². The average Bonchev–Trinajstić information content (AvgIpc) is 2.81. The summed E-state index contributed by atoms with van der Waals surface area (Å²) < 4.78 is 0. The van der Waals surface area contributed by atoms with E-state index in [0.29, 0.717) is 30.8 Å². The van der Waals surface area contributed by atoms with Crippen molar-refractivity contribution in [3.63, 3.8) is 0 Å². The van der Waals surface area contributed by atoms with Crippen LogP contribution in [0.3, 0.4) is 0 Å². The fourth-order valence-corrected chi connectivity index (χ4v) is 2.23. The first-order valence-corrected chi connectivity index (χ1v) is 6.36. The molecule has 1 aliphatic rings. The lowest BCUT2D eigenvalue weighted by Crippen LogP contribution is -2.34. The smallest absolute Gasteiger partial charge is 0.252 e. The zero-order chi connectivity index (χ0) is 13.8. The quantitative estimate of drug-likeness (QED) is 0.677. The van der Waals surface area contributed by atoms with Crippen molar-refractivity contribution in [3.8, 4) is 0 Å². The summed E-state index contributed by atoms with van der Waals surface area (Å²) in [5, 5.41) is 15.5. The maximum atomic E-state index is 12.1. The number of aliphatic hydroxyl groups is 1. The van der Waals surface area contributed by atoms with E-state index in [9.17, 15) is 14.7 Å². The molecule has 2 unspecified atom stereocenters. The molecule has 5 nitrogen and oxygen atoms in total. The van der Waals surface area contributed by atoms with E-state index in [-0.39, 0.29) is 17.6 Å². The normalized spacial score (nSPS) is 22.2. The van der Waals surface area contributed by atoms with Gasteiger partial charge < -0.3 is 15.7 Å². The number of rotatable bonds is 4. The molecule has 0 aromatic heterocycles. The number of aliphatic hydroxyl groups excluding tert-OH is 1. The van der Waals surface area contributed by atoms with E-state index >= 15 is 0 Å². The van der Waals surface area contributed by atoms with Gasteiger partial charge in [0.15, 0.2) is 5.78 Å². The van der Waals surface area contributed by atoms with Gasteiger partial charge in [-0.05, 0) is 13.0 Å². The molecule has 0 spiro atoms. The van der Waals surface area contributed by atoms with Crippen LogP contribution in [0, 0.1) is 5.92 Å². The molecular formula is C14H18N2O3. The van der Waals surface area contributed by atoms with Gasteiger partial charge in [0, 0.05) is 31.1 Å². The van der Waals surface area contributed by atoms with Gasteiger partial charge in [0.2, 0.25) is 0 Å². The topological polar surface area (TPSA) is 78.4 Å². The van der Waals surface area contributed by atoms with E-state index in [2.05, 4.69) is 10.6 Å². The van der Waals surface area contributed by atoms with Crippen molar-refractivity contribution in [1.29, 1.82) is 0 Å². The number of carbonyl (C=O) groups excluding carboxylic acids is 2. The zero-order valence-corrected chi connectivity index (χ0v) is 10.8. The van der Waals surface area contributed by atoms with E-state index in [1.165, 1.54) is 6.92 Å². The minimum atomic E-state index is -0.427. The summed E-state index contributed by atoms with van der Waals surface area (Å²) in [6, 6.07) is 6.74. The molecule has 0 radical (unpaired) electrons. The molecule has 1 aliphatic heterocycles. The van der Waals surface area contributed by atoms with Gasteiger partial charge in [0.05, 0.1) is 11.7 Å². The number of hydrogen-bond acceptors (Lipinski definition) is 4. The minimum absolute atomic E-state index is 0.0217. The highest BCUT2D eigenvalue weighted by Crippen LogP contribution is 2.11. The maximum Gasteiger partial charge on any atom is 0.252 e. The number of β-amino-alcohol motifs (C(OH)–C–C–N with tert-alkyl or cyclic N) is 1. The Kier molecular flexibility index (Phi) is 4.29. The summed E-state index contributed by atoms with van der Waals surface area (Å²) >= 11 is 0. The van der Waals surface area contributed by atoms with Crippen LogP contribution in [0.1, 0.15) is 27.6 Å². The van der Waals surface area contributed by atoms with E-state index in [4.69, 9.17) is 0 Å². The number of nitrogens with one attached hydrogen (secondary N) is 2. The summed E-state index contributed by atoms with van der Waals surface area (Å²) in [5.41, 5.74) is 0.806. The van der Waals surface area contributed by atoms with Gasteiger partial charge in [-0.2, -0.15) is 0 Å². The second-order valence-electron chi connectivity index (χ2n) is 4.80. The largest absolute Gasteiger partial charge is 0.391 e. The van der Waals surface area contributed by atoms with Crippen LogP contribution in [-0.4, -0.2) is 42.5 Å². The predicted octanol–water partition coefficient (Wildman–Crippen LogP) is 0.199. The summed E-state index contributed by atoms with van der Waals surface area (Å²) in [6.45, 7) is 3.09. The van der Waals surface area contributed by atoms with Crippen LogP contribution in [0.5, 0.6) is 0 Å². The first-order chi connectivity index (χ1) is 9.09. The number of ketones is 1. The molecule has 0 saturated carbocycles. The monoisotopic (exact) mass is 262 g/mol. The number of carbonyl (C=O) groups is 2. The Morgan fingerprint density at radius 1 is 1.32 bits per heavy atom. The lowest BCUT2D eigenvalue weighted by Gasteiger charge is -2.14. The first kappa shape index (κ1) is 13.7. The summed E-state index contributed by atoms with van der Waals surface area (Å²) in [5.74, 6) is -0.383. The Bertz CT molecular complexity index is 487. The summed E-state index contributed by atoms with van der Waals surface area (Å²) in [4.78, 5) is 23.5. The molecule has 2 rings (SSSR count). The molecule has 1 saturated heterocycles. The van der Waals surface area contributed by atoms with Crippen molar-refractivity contribution in [2.24, 2.45) is 5.92 Å². The molecule has 3 N–H and O–H groups in total. The van der Waals surface area contributed by atoms with E-state index in [1.54, 1.807) is 24.3 Å². The van der Waals surface area contributed by atoms with Crippen LogP contribution in [0.2, 0.25) is 0 Å². The highest BCUT2D eigenvalue weighted by atomic mass is 16.3. The third kappa shape index (κ3) is 3.19.